The highest BCUT2D eigenvalue weighted by Gasteiger charge is 2.19. The number of rotatable bonds is 7. The van der Waals surface area contributed by atoms with E-state index < -0.39 is 0 Å². The van der Waals surface area contributed by atoms with Gasteiger partial charge in [-0.2, -0.15) is 5.10 Å². The molecule has 160 valence electrons. The summed E-state index contributed by atoms with van der Waals surface area (Å²) in [4.78, 5) is 27.6. The first-order valence-electron chi connectivity index (χ1n) is 10.6. The van der Waals surface area contributed by atoms with Crippen LogP contribution >= 0.6 is 0 Å². The molecule has 1 saturated heterocycles. The van der Waals surface area contributed by atoms with Gasteiger partial charge >= 0.3 is 0 Å². The van der Waals surface area contributed by atoms with Gasteiger partial charge in [-0.25, -0.2) is 0 Å². The van der Waals surface area contributed by atoms with E-state index in [1.165, 1.54) is 19.0 Å². The number of aromatic amines is 1. The summed E-state index contributed by atoms with van der Waals surface area (Å²) in [7, 11) is 0. The molecule has 2 heterocycles. The fourth-order valence-electron chi connectivity index (χ4n) is 3.88. The van der Waals surface area contributed by atoms with Crippen molar-refractivity contribution in [3.63, 3.8) is 0 Å². The fourth-order valence-corrected chi connectivity index (χ4v) is 3.88. The number of nitrogens with one attached hydrogen (secondary N) is 3. The Hall–Kier alpha value is -3.61. The Balaban J connectivity index is 1.33. The molecule has 4 rings (SSSR count). The van der Waals surface area contributed by atoms with Crippen molar-refractivity contribution in [3.8, 4) is 11.3 Å². The van der Waals surface area contributed by atoms with Crippen LogP contribution in [0.4, 0.5) is 11.4 Å². The summed E-state index contributed by atoms with van der Waals surface area (Å²) < 4.78 is 0. The van der Waals surface area contributed by atoms with Crippen molar-refractivity contribution in [2.24, 2.45) is 0 Å². The summed E-state index contributed by atoms with van der Waals surface area (Å²) in [5.74, 6) is -0.397. The number of nitrogens with zero attached hydrogens (tertiary/aromatic N) is 2. The minimum absolute atomic E-state index is 0.137. The summed E-state index contributed by atoms with van der Waals surface area (Å²) in [6.07, 6.45) is 4.10. The number of amides is 2. The zero-order chi connectivity index (χ0) is 21.6. The zero-order valence-corrected chi connectivity index (χ0v) is 17.6. The van der Waals surface area contributed by atoms with Crippen LogP contribution in [0.3, 0.4) is 0 Å². The lowest BCUT2D eigenvalue weighted by Gasteiger charge is -2.19. The maximum absolute atomic E-state index is 12.7. The molecular weight excluding hydrogens is 390 g/mol. The summed E-state index contributed by atoms with van der Waals surface area (Å²) in [5, 5.41) is 12.7. The lowest BCUT2D eigenvalue weighted by Crippen LogP contribution is -2.35. The predicted molar refractivity (Wildman–Crippen MR) is 122 cm³/mol. The van der Waals surface area contributed by atoms with E-state index in [-0.39, 0.29) is 24.3 Å². The van der Waals surface area contributed by atoms with Crippen molar-refractivity contribution in [2.45, 2.75) is 32.2 Å². The molecular formula is C24H27N5O2. The average molecular weight is 418 g/mol. The van der Waals surface area contributed by atoms with E-state index in [0.717, 1.165) is 30.0 Å². The first-order chi connectivity index (χ1) is 15.1. The molecule has 3 aromatic rings. The third-order valence-corrected chi connectivity index (χ3v) is 5.42. The Kier molecular flexibility index (Phi) is 6.31. The van der Waals surface area contributed by atoms with Gasteiger partial charge in [0.1, 0.15) is 0 Å². The topological polar surface area (TPSA) is 90.1 Å². The molecule has 0 bridgehead atoms. The summed E-state index contributed by atoms with van der Waals surface area (Å²) in [6.45, 7) is 3.93. The molecule has 0 aliphatic carbocycles. The van der Waals surface area contributed by atoms with Gasteiger partial charge in [0.2, 0.25) is 5.91 Å². The van der Waals surface area contributed by atoms with E-state index in [2.05, 4.69) is 31.8 Å². The highest BCUT2D eigenvalue weighted by atomic mass is 16.2. The van der Waals surface area contributed by atoms with E-state index in [4.69, 9.17) is 0 Å². The van der Waals surface area contributed by atoms with Gasteiger partial charge in [-0.1, -0.05) is 36.4 Å². The maximum atomic E-state index is 12.7. The number of benzene rings is 2. The van der Waals surface area contributed by atoms with Gasteiger partial charge in [-0.15, -0.1) is 0 Å². The Morgan fingerprint density at radius 1 is 1.10 bits per heavy atom. The summed E-state index contributed by atoms with van der Waals surface area (Å²) >= 11 is 0. The van der Waals surface area contributed by atoms with Crippen LogP contribution in [-0.2, 0) is 4.79 Å². The number of anilines is 2. The second-order valence-electron chi connectivity index (χ2n) is 7.90. The standard InChI is InChI=1S/C24H27N5O2/c1-17(26-24(31)21-16-25-28-23(21)18-8-3-2-4-9-18)14-22(30)27-19-10-7-11-20(15-19)29-12-5-6-13-29/h2-4,7-11,15-17H,5-6,12-14H2,1H3,(H,25,28)(H,26,31)(H,27,30). The van der Waals surface area contributed by atoms with Gasteiger partial charge in [0.05, 0.1) is 17.5 Å². The molecule has 0 saturated carbocycles. The number of carbonyl (C=O) groups excluding carboxylic acids is 2. The van der Waals surface area contributed by atoms with Crippen molar-refractivity contribution in [2.75, 3.05) is 23.3 Å². The fraction of sp³-hybridized carbons (Fsp3) is 0.292. The Bertz CT molecular complexity index is 1040. The Morgan fingerprint density at radius 2 is 1.87 bits per heavy atom. The van der Waals surface area contributed by atoms with E-state index >= 15 is 0 Å². The van der Waals surface area contributed by atoms with Gasteiger partial charge < -0.3 is 15.5 Å². The smallest absolute Gasteiger partial charge is 0.255 e. The maximum Gasteiger partial charge on any atom is 0.255 e. The van der Waals surface area contributed by atoms with Crippen LogP contribution in [0.15, 0.2) is 60.8 Å². The highest BCUT2D eigenvalue weighted by Crippen LogP contribution is 2.24. The van der Waals surface area contributed by atoms with Gasteiger partial charge in [-0.3, -0.25) is 14.7 Å². The first kappa shape index (κ1) is 20.7. The molecule has 1 aromatic heterocycles. The zero-order valence-electron chi connectivity index (χ0n) is 17.6. The van der Waals surface area contributed by atoms with Crippen LogP contribution in [0, 0.1) is 0 Å². The number of hydrogen-bond acceptors (Lipinski definition) is 4. The molecule has 1 aliphatic rings. The first-order valence-corrected chi connectivity index (χ1v) is 10.6. The Labute approximate surface area is 181 Å². The molecule has 7 heteroatoms. The van der Waals surface area contributed by atoms with Crippen molar-refractivity contribution in [1.29, 1.82) is 0 Å². The average Bonchev–Trinajstić information content (AvgIpc) is 3.47. The van der Waals surface area contributed by atoms with Crippen LogP contribution in [0.5, 0.6) is 0 Å². The molecule has 2 aromatic carbocycles. The minimum Gasteiger partial charge on any atom is -0.371 e. The van der Waals surface area contributed by atoms with E-state index in [9.17, 15) is 9.59 Å². The van der Waals surface area contributed by atoms with Crippen LogP contribution in [0.1, 0.15) is 36.5 Å². The van der Waals surface area contributed by atoms with Gasteiger partial charge in [0.15, 0.2) is 0 Å². The molecule has 31 heavy (non-hydrogen) atoms. The van der Waals surface area contributed by atoms with Crippen molar-refractivity contribution < 1.29 is 9.59 Å². The normalized spacial score (nSPS) is 14.3. The van der Waals surface area contributed by atoms with Crippen molar-refractivity contribution in [1.82, 2.24) is 15.5 Å². The lowest BCUT2D eigenvalue weighted by atomic mass is 10.1. The summed E-state index contributed by atoms with van der Waals surface area (Å²) in [6, 6.07) is 17.1. The van der Waals surface area contributed by atoms with Crippen molar-refractivity contribution >= 4 is 23.2 Å². The lowest BCUT2D eigenvalue weighted by molar-refractivity contribution is -0.116. The molecule has 1 atom stereocenters. The van der Waals surface area contributed by atoms with E-state index in [0.29, 0.717) is 11.3 Å². The third kappa shape index (κ3) is 5.12. The number of aromatic nitrogens is 2. The largest absolute Gasteiger partial charge is 0.371 e. The summed E-state index contributed by atoms with van der Waals surface area (Å²) in [5.41, 5.74) is 3.90. The molecule has 1 aliphatic heterocycles. The van der Waals surface area contributed by atoms with E-state index in [1.807, 2.05) is 55.5 Å². The molecule has 2 amide bonds. The van der Waals surface area contributed by atoms with Gasteiger partial charge in [0, 0.05) is 42.5 Å². The van der Waals surface area contributed by atoms with Crippen LogP contribution in [0.2, 0.25) is 0 Å². The van der Waals surface area contributed by atoms with Crippen LogP contribution in [-0.4, -0.2) is 41.1 Å². The minimum atomic E-state index is -0.326. The van der Waals surface area contributed by atoms with Crippen molar-refractivity contribution in [3.05, 3.63) is 66.4 Å². The van der Waals surface area contributed by atoms with Crippen LogP contribution in [0.25, 0.3) is 11.3 Å². The molecule has 1 unspecified atom stereocenters. The number of carbonyl (C=O) groups is 2. The molecule has 0 spiro atoms. The van der Waals surface area contributed by atoms with Gasteiger partial charge in [-0.05, 0) is 38.0 Å². The monoisotopic (exact) mass is 417 g/mol. The second-order valence-corrected chi connectivity index (χ2v) is 7.90. The van der Waals surface area contributed by atoms with Gasteiger partial charge in [0.25, 0.3) is 5.91 Å². The third-order valence-electron chi connectivity index (χ3n) is 5.42. The highest BCUT2D eigenvalue weighted by molar-refractivity contribution is 6.00. The quantitative estimate of drug-likeness (QED) is 0.545. The van der Waals surface area contributed by atoms with E-state index in [1.54, 1.807) is 0 Å². The molecule has 1 fully saturated rings. The number of hydrogen-bond donors (Lipinski definition) is 3. The predicted octanol–water partition coefficient (Wildman–Crippen LogP) is 3.82. The molecule has 3 N–H and O–H groups in total. The Morgan fingerprint density at radius 3 is 2.65 bits per heavy atom. The molecule has 7 nitrogen and oxygen atoms in total. The molecule has 0 radical (unpaired) electrons. The second kappa shape index (κ2) is 9.47. The SMILES string of the molecule is CC(CC(=O)Nc1cccc(N2CCCC2)c1)NC(=O)c1cn[nH]c1-c1ccccc1. The van der Waals surface area contributed by atoms with Crippen LogP contribution < -0.4 is 15.5 Å². The number of H-pyrrole nitrogens is 1.